The predicted molar refractivity (Wildman–Crippen MR) is 82.4 cm³/mol. The Morgan fingerprint density at radius 2 is 2.00 bits per heavy atom. The molecule has 0 aromatic rings. The summed E-state index contributed by atoms with van der Waals surface area (Å²) in [6, 6.07) is 0.184. The minimum absolute atomic E-state index is 0.184. The van der Waals surface area contributed by atoms with Crippen LogP contribution >= 0.6 is 11.8 Å². The molecule has 1 aliphatic rings. The van der Waals surface area contributed by atoms with Crippen LogP contribution in [-0.2, 0) is 4.74 Å². The van der Waals surface area contributed by atoms with E-state index in [9.17, 15) is 4.79 Å². The van der Waals surface area contributed by atoms with Crippen LogP contribution in [0.25, 0.3) is 0 Å². The van der Waals surface area contributed by atoms with Crippen molar-refractivity contribution in [1.29, 1.82) is 0 Å². The summed E-state index contributed by atoms with van der Waals surface area (Å²) in [5, 5.41) is 0. The Kier molecular flexibility index (Phi) is 5.13. The van der Waals surface area contributed by atoms with Crippen LogP contribution in [0.15, 0.2) is 22.6 Å². The molecule has 0 fully saturated rings. The first-order valence-electron chi connectivity index (χ1n) is 6.53. The number of hydrogen-bond donors (Lipinski definition) is 0. The molecule has 0 spiro atoms. The molecule has 0 heterocycles. The Morgan fingerprint density at radius 3 is 2.37 bits per heavy atom. The molecule has 4 heteroatoms. The van der Waals surface area contributed by atoms with Gasteiger partial charge in [-0.25, -0.2) is 4.79 Å². The van der Waals surface area contributed by atoms with E-state index in [4.69, 9.17) is 4.74 Å². The van der Waals surface area contributed by atoms with Crippen LogP contribution in [0, 0.1) is 0 Å². The van der Waals surface area contributed by atoms with Crippen molar-refractivity contribution in [3.05, 3.63) is 22.6 Å². The quantitative estimate of drug-likeness (QED) is 0.777. The molecule has 0 saturated heterocycles. The number of carbonyl (C=O) groups is 1. The molecular formula is C15H25NO2S. The Balaban J connectivity index is 2.70. The number of carbonyl (C=O) groups excluding carboxylic acids is 1. The number of ether oxygens (including phenoxy) is 1. The fourth-order valence-corrected chi connectivity index (χ4v) is 3.00. The van der Waals surface area contributed by atoms with Crippen molar-refractivity contribution >= 4 is 17.9 Å². The second kappa shape index (κ2) is 6.04. The highest BCUT2D eigenvalue weighted by Gasteiger charge is 2.31. The normalized spacial score (nSPS) is 19.6. The van der Waals surface area contributed by atoms with Crippen LogP contribution in [0.2, 0.25) is 0 Å². The topological polar surface area (TPSA) is 29.5 Å². The summed E-state index contributed by atoms with van der Waals surface area (Å²) in [6.07, 6.45) is 3.61. The highest BCUT2D eigenvalue weighted by molar-refractivity contribution is 8.02. The smallest absolute Gasteiger partial charge is 0.410 e. The Hall–Kier alpha value is -0.900. The minimum Gasteiger partial charge on any atom is -0.444 e. The van der Waals surface area contributed by atoms with Gasteiger partial charge < -0.3 is 9.64 Å². The summed E-state index contributed by atoms with van der Waals surface area (Å²) in [7, 11) is 1.82. The van der Waals surface area contributed by atoms with Crippen LogP contribution in [-0.4, -0.2) is 35.9 Å². The number of rotatable bonds is 3. The molecule has 1 atom stereocenters. The van der Waals surface area contributed by atoms with Gasteiger partial charge in [-0.2, -0.15) is 0 Å². The van der Waals surface area contributed by atoms with Gasteiger partial charge in [0.25, 0.3) is 0 Å². The molecule has 1 unspecified atom stereocenters. The summed E-state index contributed by atoms with van der Waals surface area (Å²) in [5.41, 5.74) is 1.95. The van der Waals surface area contributed by atoms with Gasteiger partial charge >= 0.3 is 6.09 Å². The van der Waals surface area contributed by atoms with E-state index in [1.165, 1.54) is 10.5 Å². The van der Waals surface area contributed by atoms with Gasteiger partial charge in [0, 0.05) is 13.1 Å². The zero-order valence-electron chi connectivity index (χ0n) is 12.9. The molecule has 0 N–H and O–H groups in total. The fourth-order valence-electron chi connectivity index (χ4n) is 2.13. The first-order chi connectivity index (χ1) is 8.65. The molecule has 3 nitrogen and oxygen atoms in total. The Morgan fingerprint density at radius 1 is 1.42 bits per heavy atom. The van der Waals surface area contributed by atoms with Crippen LogP contribution in [0.3, 0.4) is 0 Å². The van der Waals surface area contributed by atoms with E-state index in [0.29, 0.717) is 0 Å². The highest BCUT2D eigenvalue weighted by atomic mass is 32.2. The summed E-state index contributed by atoms with van der Waals surface area (Å²) in [5.74, 6) is 0. The van der Waals surface area contributed by atoms with Crippen molar-refractivity contribution in [2.75, 3.05) is 13.3 Å². The van der Waals surface area contributed by atoms with Crippen molar-refractivity contribution in [2.24, 2.45) is 0 Å². The molecule has 0 bridgehead atoms. The number of hydrogen-bond acceptors (Lipinski definition) is 3. The first kappa shape index (κ1) is 16.2. The summed E-state index contributed by atoms with van der Waals surface area (Å²) in [4.78, 5) is 15.1. The molecule has 1 aliphatic carbocycles. The lowest BCUT2D eigenvalue weighted by molar-refractivity contribution is 0.0230. The van der Waals surface area contributed by atoms with E-state index < -0.39 is 5.60 Å². The average molecular weight is 283 g/mol. The van der Waals surface area contributed by atoms with E-state index in [1.54, 1.807) is 16.7 Å². The monoisotopic (exact) mass is 283 g/mol. The van der Waals surface area contributed by atoms with Gasteiger partial charge in [-0.15, -0.1) is 11.8 Å². The van der Waals surface area contributed by atoms with E-state index in [2.05, 4.69) is 12.8 Å². The summed E-state index contributed by atoms with van der Waals surface area (Å²) in [6.45, 7) is 11.7. The van der Waals surface area contributed by atoms with E-state index in [1.807, 2.05) is 34.7 Å². The number of amides is 1. The van der Waals surface area contributed by atoms with Crippen LogP contribution in [0.5, 0.6) is 0 Å². The Bertz CT molecular complexity index is 407. The van der Waals surface area contributed by atoms with Crippen molar-refractivity contribution in [1.82, 2.24) is 4.90 Å². The van der Waals surface area contributed by atoms with Crippen molar-refractivity contribution < 1.29 is 9.53 Å². The highest BCUT2D eigenvalue weighted by Crippen LogP contribution is 2.38. The molecule has 0 aliphatic heterocycles. The fraction of sp³-hybridized carbons (Fsp3) is 0.667. The third-order valence-corrected chi connectivity index (χ3v) is 4.09. The lowest BCUT2D eigenvalue weighted by Crippen LogP contribution is -2.39. The van der Waals surface area contributed by atoms with Gasteiger partial charge in [-0.3, -0.25) is 0 Å². The largest absolute Gasteiger partial charge is 0.444 e. The van der Waals surface area contributed by atoms with E-state index in [0.717, 1.165) is 18.4 Å². The van der Waals surface area contributed by atoms with E-state index in [-0.39, 0.29) is 12.1 Å². The maximum atomic E-state index is 12.1. The molecule has 108 valence electrons. The second-order valence-electron chi connectivity index (χ2n) is 6.04. The lowest BCUT2D eigenvalue weighted by atomic mass is 10.1. The zero-order valence-corrected chi connectivity index (χ0v) is 13.7. The van der Waals surface area contributed by atoms with Gasteiger partial charge in [-0.05, 0) is 57.3 Å². The Labute approximate surface area is 121 Å². The van der Waals surface area contributed by atoms with Crippen LogP contribution < -0.4 is 0 Å². The zero-order chi connectivity index (χ0) is 14.8. The van der Waals surface area contributed by atoms with Crippen LogP contribution in [0.4, 0.5) is 4.79 Å². The standard InChI is InChI=1S/C15H25NO2S/c1-10(2)12-8-11(9-13(12)19-7)16(6)14(17)18-15(3,4)5/h11H,1,8-9H2,2-7H3. The van der Waals surface area contributed by atoms with Gasteiger partial charge in [-0.1, -0.05) is 12.2 Å². The molecule has 0 saturated carbocycles. The predicted octanol–water partition coefficient (Wildman–Crippen LogP) is 4.21. The maximum Gasteiger partial charge on any atom is 0.410 e. The van der Waals surface area contributed by atoms with Crippen LogP contribution in [0.1, 0.15) is 40.5 Å². The molecule has 1 amide bonds. The summed E-state index contributed by atoms with van der Waals surface area (Å²) < 4.78 is 5.42. The number of thioether (sulfide) groups is 1. The van der Waals surface area contributed by atoms with Gasteiger partial charge in [0.1, 0.15) is 5.60 Å². The van der Waals surface area contributed by atoms with Crippen molar-refractivity contribution in [2.45, 2.75) is 52.2 Å². The molecule has 0 aromatic carbocycles. The van der Waals surface area contributed by atoms with Gasteiger partial charge in [0.2, 0.25) is 0 Å². The lowest BCUT2D eigenvalue weighted by Gasteiger charge is -2.28. The second-order valence-corrected chi connectivity index (χ2v) is 6.94. The third-order valence-electron chi connectivity index (χ3n) is 3.19. The molecule has 19 heavy (non-hydrogen) atoms. The molecule has 0 aromatic heterocycles. The molecule has 1 rings (SSSR count). The number of allylic oxidation sites excluding steroid dienone is 1. The average Bonchev–Trinajstić information content (AvgIpc) is 2.69. The van der Waals surface area contributed by atoms with Crippen molar-refractivity contribution in [3.8, 4) is 0 Å². The van der Waals surface area contributed by atoms with Crippen molar-refractivity contribution in [3.63, 3.8) is 0 Å². The van der Waals surface area contributed by atoms with Gasteiger partial charge in [0.15, 0.2) is 0 Å². The summed E-state index contributed by atoms with van der Waals surface area (Å²) >= 11 is 1.75. The minimum atomic E-state index is -0.448. The maximum absolute atomic E-state index is 12.1. The third kappa shape index (κ3) is 4.30. The molecule has 0 radical (unpaired) electrons. The number of nitrogens with zero attached hydrogens (tertiary/aromatic N) is 1. The molecular weight excluding hydrogens is 258 g/mol. The van der Waals surface area contributed by atoms with Gasteiger partial charge in [0.05, 0.1) is 0 Å². The van der Waals surface area contributed by atoms with E-state index >= 15 is 0 Å². The first-order valence-corrected chi connectivity index (χ1v) is 7.76. The SMILES string of the molecule is C=C(C)C1=C(SC)CC(N(C)C(=O)OC(C)(C)C)C1.